The zero-order valence-corrected chi connectivity index (χ0v) is 27.4. The fourth-order valence-corrected chi connectivity index (χ4v) is 7.72. The Bertz CT molecular complexity index is 3640. The van der Waals surface area contributed by atoms with Crippen molar-refractivity contribution >= 4 is 32.6 Å². The third-order valence-corrected chi connectivity index (χ3v) is 10.0. The van der Waals surface area contributed by atoms with Crippen molar-refractivity contribution in [1.29, 1.82) is 0 Å². The summed E-state index contributed by atoms with van der Waals surface area (Å²) in [5.74, 6) is -0.348. The van der Waals surface area contributed by atoms with Crippen molar-refractivity contribution in [3.05, 3.63) is 181 Å². The van der Waals surface area contributed by atoms with Crippen LogP contribution in [-0.4, -0.2) is 9.55 Å². The Morgan fingerprint density at radius 1 is 0.596 bits per heavy atom. The molecule has 1 aromatic heterocycles. The third kappa shape index (κ3) is 4.47. The molecule has 0 spiro atoms. The molecular formula is C50H38N2. The van der Waals surface area contributed by atoms with Crippen molar-refractivity contribution in [2.24, 2.45) is 0 Å². The zero-order valence-electron chi connectivity index (χ0n) is 46.4. The summed E-state index contributed by atoms with van der Waals surface area (Å²) in [5, 5.41) is -0.575. The number of fused-ring (bicyclic) bond motifs is 6. The van der Waals surface area contributed by atoms with E-state index in [2.05, 4.69) is 4.98 Å². The Hall–Kier alpha value is -6.25. The average Bonchev–Trinajstić information content (AvgIpc) is 3.87. The Balaban J connectivity index is 1.27. The van der Waals surface area contributed by atoms with Crippen LogP contribution in [0.3, 0.4) is 0 Å². The minimum atomic E-state index is -3.16. The van der Waals surface area contributed by atoms with Crippen LogP contribution in [0, 0.1) is 0 Å². The van der Waals surface area contributed by atoms with Crippen molar-refractivity contribution < 1.29 is 26.0 Å². The predicted octanol–water partition coefficient (Wildman–Crippen LogP) is 13.2. The van der Waals surface area contributed by atoms with Gasteiger partial charge in [-0.25, -0.2) is 4.98 Å². The summed E-state index contributed by atoms with van der Waals surface area (Å²) in [7, 11) is 0. The number of para-hydroxylation sites is 3. The quantitative estimate of drug-likeness (QED) is 0.165. The highest BCUT2D eigenvalue weighted by atomic mass is 15.1. The Kier molecular flexibility index (Phi) is 3.77. The summed E-state index contributed by atoms with van der Waals surface area (Å²) in [6.07, 6.45) is -2.89. The predicted molar refractivity (Wildman–Crippen MR) is 219 cm³/mol. The topological polar surface area (TPSA) is 17.8 Å². The van der Waals surface area contributed by atoms with Crippen molar-refractivity contribution in [1.82, 2.24) is 9.55 Å². The number of benzene rings is 8. The van der Waals surface area contributed by atoms with Gasteiger partial charge >= 0.3 is 0 Å². The molecule has 8 aromatic carbocycles. The molecule has 0 bridgehead atoms. The maximum atomic E-state index is 9.47. The summed E-state index contributed by atoms with van der Waals surface area (Å²) in [6, 6.07) is 26.1. The van der Waals surface area contributed by atoms with Crippen molar-refractivity contribution in [3.8, 4) is 50.2 Å². The number of hydrogen-bond acceptors (Lipinski definition) is 1. The molecule has 9 aromatic rings. The van der Waals surface area contributed by atoms with Crippen LogP contribution < -0.4 is 0 Å². The highest BCUT2D eigenvalue weighted by Gasteiger charge is 2.35. The molecule has 0 saturated carbocycles. The first-order chi connectivity index (χ1) is 33.3. The number of hydrogen-bond donors (Lipinski definition) is 0. The first-order valence-electron chi connectivity index (χ1n) is 26.2. The summed E-state index contributed by atoms with van der Waals surface area (Å²) in [4.78, 5) is 4.47. The molecule has 0 unspecified atom stereocenters. The molecule has 0 N–H and O–H groups in total. The van der Waals surface area contributed by atoms with Crippen LogP contribution in [-0.2, 0) is 11.8 Å². The van der Waals surface area contributed by atoms with Gasteiger partial charge in [0, 0.05) is 32.4 Å². The van der Waals surface area contributed by atoms with Crippen molar-refractivity contribution in [3.63, 3.8) is 0 Å². The lowest BCUT2D eigenvalue weighted by molar-refractivity contribution is 0.660. The largest absolute Gasteiger partial charge is 0.296 e. The molecule has 1 aliphatic carbocycles. The summed E-state index contributed by atoms with van der Waals surface area (Å²) >= 11 is 0. The van der Waals surface area contributed by atoms with Crippen LogP contribution in [0.1, 0.15) is 63.6 Å². The van der Waals surface area contributed by atoms with Gasteiger partial charge < -0.3 is 0 Å². The van der Waals surface area contributed by atoms with Gasteiger partial charge in [0.1, 0.15) is 5.82 Å². The maximum Gasteiger partial charge on any atom is 0.114 e. The second kappa shape index (κ2) is 11.6. The molecule has 2 nitrogen and oxygen atoms in total. The SMILES string of the molecule is [2H]c1c([2H])c([2H])c2c(-c3ccc4c(c3)C(C([2H])([2H])[2H])(C([2H])([2H])[2H])c3ccccc3-4)c3c([2H])c([2H])c([2H])c([2H])c3c(-c3ccc(-c4ccccc4-n4c(C([2H])([2H])C([2H])([2H])[2H])nc5ccccc54)cc3)c2c1[2H]. The van der Waals surface area contributed by atoms with E-state index in [1.807, 2.05) is 0 Å². The van der Waals surface area contributed by atoms with E-state index in [1.54, 1.807) is 91.0 Å². The molecule has 0 amide bonds. The normalized spacial score (nSPS) is 19.4. The molecule has 52 heavy (non-hydrogen) atoms. The molecule has 1 aliphatic rings. The number of aromatic nitrogens is 2. The lowest BCUT2D eigenvalue weighted by Gasteiger charge is -2.23. The molecule has 0 fully saturated rings. The standard InChI is InChI=1S/C50H38N2/c1-4-47-51-44-22-12-14-24-46(44)52(47)45-23-13-10-15-35(45)32-25-27-33(28-26-32)48-38-17-5-7-19-40(38)49(41-20-8-6-18-39(41)48)34-29-30-37-36-16-9-11-21-42(36)50(2,3)43(37)31-34/h5-31H,4H2,1-3H3/i1D3,2D3,3D3,4D2,5D,6D,7D,8D,17D,18D,19D,20D. The van der Waals surface area contributed by atoms with Gasteiger partial charge in [-0.1, -0.05) is 160 Å². The minimum absolute atomic E-state index is 0.0271. The van der Waals surface area contributed by atoms with Crippen LogP contribution in [0.15, 0.2) is 164 Å². The van der Waals surface area contributed by atoms with Crippen molar-refractivity contribution in [2.45, 2.75) is 32.3 Å². The van der Waals surface area contributed by atoms with Gasteiger partial charge in [-0.2, -0.15) is 0 Å². The van der Waals surface area contributed by atoms with Gasteiger partial charge in [-0.15, -0.1) is 0 Å². The fraction of sp³-hybridized carbons (Fsp3) is 0.100. The van der Waals surface area contributed by atoms with E-state index in [9.17, 15) is 5.48 Å². The van der Waals surface area contributed by atoms with E-state index in [4.69, 9.17) is 20.6 Å². The second-order valence-corrected chi connectivity index (χ2v) is 12.8. The lowest BCUT2D eigenvalue weighted by Crippen LogP contribution is -2.14. The van der Waals surface area contributed by atoms with Crippen LogP contribution in [0.25, 0.3) is 82.8 Å². The van der Waals surface area contributed by atoms with Gasteiger partial charge in [-0.3, -0.25) is 4.57 Å². The van der Waals surface area contributed by atoms with Gasteiger partial charge in [0.2, 0.25) is 0 Å². The highest BCUT2D eigenvalue weighted by molar-refractivity contribution is 6.21. The molecule has 10 rings (SSSR count). The monoisotopic (exact) mass is 685 g/mol. The fourth-order valence-electron chi connectivity index (χ4n) is 7.72. The molecule has 0 aliphatic heterocycles. The highest BCUT2D eigenvalue weighted by Crippen LogP contribution is 2.51. The summed E-state index contributed by atoms with van der Waals surface area (Å²) in [6.45, 7) is -9.42. The number of aryl methyl sites for hydroxylation is 1. The number of nitrogens with zero attached hydrogens (tertiary/aromatic N) is 2. The number of imidazole rings is 1. The first-order valence-corrected chi connectivity index (χ1v) is 16.7. The molecule has 248 valence electrons. The molecule has 0 saturated heterocycles. The average molecular weight is 686 g/mol. The Labute approximate surface area is 331 Å². The smallest absolute Gasteiger partial charge is 0.114 e. The summed E-state index contributed by atoms with van der Waals surface area (Å²) < 4.78 is 170. The van der Waals surface area contributed by atoms with Crippen LogP contribution >= 0.6 is 0 Å². The van der Waals surface area contributed by atoms with Gasteiger partial charge in [0.15, 0.2) is 0 Å². The lowest BCUT2D eigenvalue weighted by atomic mass is 9.80. The third-order valence-electron chi connectivity index (χ3n) is 10.0. The second-order valence-electron chi connectivity index (χ2n) is 12.8. The molecule has 0 atom stereocenters. The van der Waals surface area contributed by atoms with E-state index in [0.717, 1.165) is 0 Å². The number of rotatable bonds is 5. The molecular weight excluding hydrogens is 629 g/mol. The summed E-state index contributed by atoms with van der Waals surface area (Å²) in [5.41, 5.74) is 0.531. The first kappa shape index (κ1) is 16.8. The minimum Gasteiger partial charge on any atom is -0.296 e. The molecule has 0 radical (unpaired) electrons. The van der Waals surface area contributed by atoms with Crippen molar-refractivity contribution in [2.75, 3.05) is 0 Å². The molecule has 2 heteroatoms. The van der Waals surface area contributed by atoms with Gasteiger partial charge in [-0.05, 0) is 95.9 Å². The zero-order chi connectivity index (χ0) is 51.2. The van der Waals surface area contributed by atoms with Gasteiger partial charge in [0.05, 0.1) is 27.7 Å². The van der Waals surface area contributed by atoms with E-state index >= 15 is 0 Å². The maximum absolute atomic E-state index is 9.47. The van der Waals surface area contributed by atoms with Crippen LogP contribution in [0.5, 0.6) is 0 Å². The van der Waals surface area contributed by atoms with E-state index in [-0.39, 0.29) is 60.8 Å². The van der Waals surface area contributed by atoms with E-state index in [0.29, 0.717) is 39.0 Å². The van der Waals surface area contributed by atoms with Crippen LogP contribution in [0.4, 0.5) is 0 Å². The molecule has 1 heterocycles. The van der Waals surface area contributed by atoms with Gasteiger partial charge in [0.25, 0.3) is 0 Å². The Morgan fingerprint density at radius 3 is 1.88 bits per heavy atom. The van der Waals surface area contributed by atoms with E-state index < -0.39 is 80.7 Å². The van der Waals surface area contributed by atoms with E-state index in [1.165, 1.54) is 28.8 Å². The Morgan fingerprint density at radius 2 is 1.17 bits per heavy atom. The van der Waals surface area contributed by atoms with Crippen LogP contribution in [0.2, 0.25) is 0 Å².